The lowest BCUT2D eigenvalue weighted by Crippen LogP contribution is -2.56. The van der Waals surface area contributed by atoms with Gasteiger partial charge in [0.1, 0.15) is 17.6 Å². The van der Waals surface area contributed by atoms with Crippen molar-refractivity contribution in [1.29, 1.82) is 0 Å². The maximum atomic E-state index is 13.1. The van der Waals surface area contributed by atoms with E-state index in [1.165, 1.54) is 6.07 Å². The quantitative estimate of drug-likeness (QED) is 0.657. The number of halogens is 3. The van der Waals surface area contributed by atoms with Crippen molar-refractivity contribution in [3.63, 3.8) is 0 Å². The van der Waals surface area contributed by atoms with Crippen LogP contribution >= 0.6 is 11.3 Å². The molecule has 1 saturated heterocycles. The molecule has 0 N–H and O–H groups in total. The van der Waals surface area contributed by atoms with E-state index in [0.29, 0.717) is 34.9 Å². The molecule has 1 aliphatic rings. The molecule has 27 heavy (non-hydrogen) atoms. The van der Waals surface area contributed by atoms with Crippen LogP contribution in [0, 0.1) is 13.8 Å². The summed E-state index contributed by atoms with van der Waals surface area (Å²) in [5.41, 5.74) is -0.371. The van der Waals surface area contributed by atoms with Crippen LogP contribution in [0.1, 0.15) is 27.4 Å². The van der Waals surface area contributed by atoms with Gasteiger partial charge in [-0.2, -0.15) is 13.2 Å². The Balaban J connectivity index is 1.44. The Morgan fingerprint density at radius 3 is 2.70 bits per heavy atom. The van der Waals surface area contributed by atoms with Gasteiger partial charge in [0.25, 0.3) is 11.1 Å². The average molecular weight is 396 g/mol. The van der Waals surface area contributed by atoms with Gasteiger partial charge in [-0.05, 0) is 32.0 Å². The zero-order chi connectivity index (χ0) is 19.3. The Morgan fingerprint density at radius 2 is 2.07 bits per heavy atom. The summed E-state index contributed by atoms with van der Waals surface area (Å²) >= 11 is 1.07. The number of thiazole rings is 1. The van der Waals surface area contributed by atoms with Gasteiger partial charge in [0.05, 0.1) is 34.4 Å². The van der Waals surface area contributed by atoms with Crippen LogP contribution in [-0.2, 0) is 6.18 Å². The molecule has 1 aromatic carbocycles. The number of amides is 1. The lowest BCUT2D eigenvalue weighted by atomic mass is 10.1. The number of hydrogen-bond acceptors (Lipinski definition) is 5. The maximum Gasteiger partial charge on any atom is 0.418 e. The predicted molar refractivity (Wildman–Crippen MR) is 93.1 cm³/mol. The fourth-order valence-corrected chi connectivity index (χ4v) is 3.95. The third-order valence-electron chi connectivity index (χ3n) is 4.38. The Bertz CT molecular complexity index is 1020. The highest BCUT2D eigenvalue weighted by molar-refractivity contribution is 7.20. The third-order valence-corrected chi connectivity index (χ3v) is 5.29. The SMILES string of the molecule is Cc1cc(C(=O)N2CC(Oc3nc4c(C(F)(F)F)cccc4s3)C2)c(C)o1. The van der Waals surface area contributed by atoms with Crippen molar-refractivity contribution in [2.24, 2.45) is 0 Å². The number of ether oxygens (including phenoxy) is 1. The lowest BCUT2D eigenvalue weighted by molar-refractivity contribution is -0.136. The third kappa shape index (κ3) is 3.27. The van der Waals surface area contributed by atoms with E-state index in [4.69, 9.17) is 9.15 Å². The number of aromatic nitrogens is 1. The second-order valence-electron chi connectivity index (χ2n) is 6.41. The van der Waals surface area contributed by atoms with E-state index in [0.717, 1.165) is 17.4 Å². The van der Waals surface area contributed by atoms with Gasteiger partial charge in [-0.15, -0.1) is 0 Å². The first-order valence-electron chi connectivity index (χ1n) is 8.22. The molecule has 9 heteroatoms. The number of furan rings is 1. The molecule has 0 aliphatic carbocycles. The van der Waals surface area contributed by atoms with E-state index >= 15 is 0 Å². The van der Waals surface area contributed by atoms with E-state index in [-0.39, 0.29) is 22.7 Å². The topological polar surface area (TPSA) is 55.6 Å². The number of aryl methyl sites for hydroxylation is 2. The molecule has 142 valence electrons. The van der Waals surface area contributed by atoms with E-state index in [1.54, 1.807) is 30.9 Å². The van der Waals surface area contributed by atoms with Gasteiger partial charge in [-0.25, -0.2) is 4.98 Å². The van der Waals surface area contributed by atoms with Crippen molar-refractivity contribution in [3.8, 4) is 5.19 Å². The number of alkyl halides is 3. The molecule has 0 bridgehead atoms. The summed E-state index contributed by atoms with van der Waals surface area (Å²) in [6, 6.07) is 5.63. The molecule has 0 atom stereocenters. The Hall–Kier alpha value is -2.55. The van der Waals surface area contributed by atoms with Gasteiger partial charge in [0, 0.05) is 0 Å². The molecule has 3 heterocycles. The predicted octanol–water partition coefficient (Wildman–Crippen LogP) is 4.43. The van der Waals surface area contributed by atoms with Crippen molar-refractivity contribution in [1.82, 2.24) is 9.88 Å². The minimum Gasteiger partial charge on any atom is -0.466 e. The summed E-state index contributed by atoms with van der Waals surface area (Å²) < 4.78 is 50.7. The molecule has 0 unspecified atom stereocenters. The Morgan fingerprint density at radius 1 is 1.33 bits per heavy atom. The Kier molecular flexibility index (Phi) is 4.14. The van der Waals surface area contributed by atoms with Crippen molar-refractivity contribution in [2.45, 2.75) is 26.1 Å². The van der Waals surface area contributed by atoms with Gasteiger partial charge in [0.15, 0.2) is 0 Å². The van der Waals surface area contributed by atoms with Gasteiger partial charge in [0.2, 0.25) is 0 Å². The molecular weight excluding hydrogens is 381 g/mol. The van der Waals surface area contributed by atoms with Crippen LogP contribution in [0.25, 0.3) is 10.2 Å². The molecule has 1 fully saturated rings. The zero-order valence-corrected chi connectivity index (χ0v) is 15.3. The summed E-state index contributed by atoms with van der Waals surface area (Å²) in [5.74, 6) is 1.08. The zero-order valence-electron chi connectivity index (χ0n) is 14.5. The molecule has 0 radical (unpaired) electrons. The fourth-order valence-electron chi connectivity index (χ4n) is 3.04. The molecule has 5 nitrogen and oxygen atoms in total. The van der Waals surface area contributed by atoms with Crippen LogP contribution in [0.4, 0.5) is 13.2 Å². The summed E-state index contributed by atoms with van der Waals surface area (Å²) in [7, 11) is 0. The monoisotopic (exact) mass is 396 g/mol. The largest absolute Gasteiger partial charge is 0.466 e. The highest BCUT2D eigenvalue weighted by atomic mass is 32.1. The number of fused-ring (bicyclic) bond motifs is 1. The number of likely N-dealkylation sites (tertiary alicyclic amines) is 1. The molecule has 4 rings (SSSR count). The number of nitrogens with zero attached hydrogens (tertiary/aromatic N) is 2. The molecule has 1 aliphatic heterocycles. The number of para-hydroxylation sites is 1. The number of carbonyl (C=O) groups excluding carboxylic acids is 1. The number of benzene rings is 1. The highest BCUT2D eigenvalue weighted by Gasteiger charge is 2.36. The summed E-state index contributed by atoms with van der Waals surface area (Å²) in [6.45, 7) is 4.20. The van der Waals surface area contributed by atoms with Crippen molar-refractivity contribution < 1.29 is 27.1 Å². The van der Waals surface area contributed by atoms with E-state index in [9.17, 15) is 18.0 Å². The summed E-state index contributed by atoms with van der Waals surface area (Å²) in [4.78, 5) is 18.0. The second kappa shape index (κ2) is 6.26. The first-order chi connectivity index (χ1) is 12.7. The molecule has 1 amide bonds. The van der Waals surface area contributed by atoms with Crippen molar-refractivity contribution in [3.05, 3.63) is 46.9 Å². The summed E-state index contributed by atoms with van der Waals surface area (Å²) in [5, 5.41) is 0.175. The lowest BCUT2D eigenvalue weighted by Gasteiger charge is -2.38. The standard InChI is InChI=1S/C18H15F3N2O3S/c1-9-6-12(10(2)25-9)16(24)23-7-11(8-23)26-17-22-15-13(18(19,20)21)4-3-5-14(15)27-17/h3-6,11H,7-8H2,1-2H3. The number of rotatable bonds is 3. The molecule has 2 aromatic heterocycles. The number of carbonyl (C=O) groups is 1. The van der Waals surface area contributed by atoms with Crippen LogP contribution in [0.2, 0.25) is 0 Å². The van der Waals surface area contributed by atoms with Crippen LogP contribution in [0.3, 0.4) is 0 Å². The van der Waals surface area contributed by atoms with E-state index in [2.05, 4.69) is 4.98 Å². The first kappa shape index (κ1) is 17.8. The van der Waals surface area contributed by atoms with E-state index < -0.39 is 11.7 Å². The minimum atomic E-state index is -4.47. The highest BCUT2D eigenvalue weighted by Crippen LogP contribution is 2.38. The Labute approximate surface area is 156 Å². The number of hydrogen-bond donors (Lipinski definition) is 0. The molecule has 0 saturated carbocycles. The second-order valence-corrected chi connectivity index (χ2v) is 7.40. The maximum absolute atomic E-state index is 13.1. The van der Waals surface area contributed by atoms with Gasteiger partial charge < -0.3 is 14.1 Å². The van der Waals surface area contributed by atoms with Gasteiger partial charge >= 0.3 is 6.18 Å². The minimum absolute atomic E-state index is 0.109. The van der Waals surface area contributed by atoms with Crippen LogP contribution in [0.5, 0.6) is 5.19 Å². The molecule has 3 aromatic rings. The fraction of sp³-hybridized carbons (Fsp3) is 0.333. The van der Waals surface area contributed by atoms with E-state index in [1.807, 2.05) is 0 Å². The first-order valence-corrected chi connectivity index (χ1v) is 9.04. The normalized spacial score (nSPS) is 15.2. The van der Waals surface area contributed by atoms with Crippen LogP contribution in [-0.4, -0.2) is 35.0 Å². The van der Waals surface area contributed by atoms with Crippen molar-refractivity contribution >= 4 is 27.5 Å². The van der Waals surface area contributed by atoms with Gasteiger partial charge in [-0.1, -0.05) is 17.4 Å². The summed E-state index contributed by atoms with van der Waals surface area (Å²) in [6.07, 6.45) is -4.76. The van der Waals surface area contributed by atoms with Gasteiger partial charge in [-0.3, -0.25) is 4.79 Å². The average Bonchev–Trinajstić information content (AvgIpc) is 3.10. The molecule has 0 spiro atoms. The van der Waals surface area contributed by atoms with Crippen LogP contribution in [0.15, 0.2) is 28.7 Å². The van der Waals surface area contributed by atoms with Crippen LogP contribution < -0.4 is 4.74 Å². The van der Waals surface area contributed by atoms with Crippen molar-refractivity contribution in [2.75, 3.05) is 13.1 Å². The molecular formula is C18H15F3N2O3S. The smallest absolute Gasteiger partial charge is 0.418 e.